The number of piperidine rings is 1. The van der Waals surface area contributed by atoms with E-state index in [0.29, 0.717) is 24.5 Å². The first-order valence-corrected chi connectivity index (χ1v) is 8.71. The Balaban J connectivity index is 1.82. The van der Waals surface area contributed by atoms with Crippen LogP contribution in [0.2, 0.25) is 0 Å². The summed E-state index contributed by atoms with van der Waals surface area (Å²) in [6, 6.07) is 0. The number of rotatable bonds is 4. The van der Waals surface area contributed by atoms with Crippen LogP contribution in [0, 0.1) is 11.7 Å². The number of nitrogens with zero attached hydrogens (tertiary/aromatic N) is 2. The number of hydrogen-bond acceptors (Lipinski definition) is 6. The first-order chi connectivity index (χ1) is 11.6. The maximum absolute atomic E-state index is 14.5. The highest BCUT2D eigenvalue weighted by Crippen LogP contribution is 2.37. The average molecular weight is 338 g/mol. The van der Waals surface area contributed by atoms with Crippen LogP contribution >= 0.6 is 0 Å². The summed E-state index contributed by atoms with van der Waals surface area (Å²) in [6.07, 6.45) is 3.72. The monoisotopic (exact) mass is 338 g/mol. The van der Waals surface area contributed by atoms with E-state index in [-0.39, 0.29) is 23.5 Å². The summed E-state index contributed by atoms with van der Waals surface area (Å²) in [5.74, 6) is 0.0690. The van der Waals surface area contributed by atoms with Gasteiger partial charge in [-0.05, 0) is 51.7 Å². The molecule has 24 heavy (non-hydrogen) atoms. The number of likely N-dealkylation sites (tertiary alicyclic amines) is 1. The molecule has 2 fully saturated rings. The van der Waals surface area contributed by atoms with Crippen LogP contribution in [0.15, 0.2) is 6.20 Å². The van der Waals surface area contributed by atoms with Crippen LogP contribution in [0.5, 0.6) is 0 Å². The number of aliphatic hydroxyl groups excluding tert-OH is 1. The van der Waals surface area contributed by atoms with Crippen molar-refractivity contribution >= 4 is 11.5 Å². The van der Waals surface area contributed by atoms with Gasteiger partial charge in [-0.2, -0.15) is 0 Å². The van der Waals surface area contributed by atoms with Crippen LogP contribution in [0.25, 0.3) is 0 Å². The Hall–Kier alpha value is -1.44. The lowest BCUT2D eigenvalue weighted by Crippen LogP contribution is -2.35. The molecule has 0 bridgehead atoms. The zero-order valence-corrected chi connectivity index (χ0v) is 14.2. The molecule has 0 amide bonds. The maximum atomic E-state index is 14.5. The normalized spacial score (nSPS) is 22.5. The Labute approximate surface area is 142 Å². The van der Waals surface area contributed by atoms with Gasteiger partial charge in [0.05, 0.1) is 11.9 Å². The lowest BCUT2D eigenvalue weighted by Gasteiger charge is -2.32. The van der Waals surface area contributed by atoms with Gasteiger partial charge in [-0.25, -0.2) is 9.37 Å². The quantitative estimate of drug-likeness (QED) is 0.726. The Morgan fingerprint density at radius 1 is 1.33 bits per heavy atom. The minimum absolute atomic E-state index is 0.0757. The molecule has 2 aliphatic heterocycles. The maximum Gasteiger partial charge on any atom is 0.147 e. The van der Waals surface area contributed by atoms with Crippen molar-refractivity contribution in [2.45, 2.75) is 37.8 Å². The fourth-order valence-electron chi connectivity index (χ4n) is 3.66. The van der Waals surface area contributed by atoms with Crippen LogP contribution < -0.4 is 11.1 Å². The molecule has 4 N–H and O–H groups in total. The molecule has 0 radical (unpaired) electrons. The van der Waals surface area contributed by atoms with Crippen molar-refractivity contribution in [1.29, 1.82) is 0 Å². The van der Waals surface area contributed by atoms with Crippen LogP contribution in [-0.2, 0) is 4.74 Å². The van der Waals surface area contributed by atoms with Crippen molar-refractivity contribution < 1.29 is 14.2 Å². The SMILES string of the molecule is CN1CCC(c2c(F)cnc(N)c2NC(O)C2CCOCC2)CC1. The van der Waals surface area contributed by atoms with E-state index in [0.717, 1.165) is 38.8 Å². The van der Waals surface area contributed by atoms with Gasteiger partial charge in [0.1, 0.15) is 17.9 Å². The molecule has 3 heterocycles. The predicted molar refractivity (Wildman–Crippen MR) is 91.3 cm³/mol. The third kappa shape index (κ3) is 3.79. The topological polar surface area (TPSA) is 83.6 Å². The number of aromatic nitrogens is 1. The zero-order valence-electron chi connectivity index (χ0n) is 14.2. The largest absolute Gasteiger partial charge is 0.382 e. The van der Waals surface area contributed by atoms with Crippen LogP contribution in [0.3, 0.4) is 0 Å². The van der Waals surface area contributed by atoms with E-state index >= 15 is 0 Å². The Kier molecular flexibility index (Phi) is 5.53. The molecule has 3 rings (SSSR count). The Morgan fingerprint density at radius 3 is 2.67 bits per heavy atom. The molecule has 6 nitrogen and oxygen atoms in total. The summed E-state index contributed by atoms with van der Waals surface area (Å²) >= 11 is 0. The smallest absolute Gasteiger partial charge is 0.147 e. The number of aliphatic hydroxyl groups is 1. The fourth-order valence-corrected chi connectivity index (χ4v) is 3.66. The molecule has 0 saturated carbocycles. The standard InChI is InChI=1S/C17H27FN4O2/c1-22-6-2-11(3-7-22)14-13(18)10-20-16(19)15(14)21-17(23)12-4-8-24-9-5-12/h10-12,17,21,23H,2-9H2,1H3,(H2,19,20). The van der Waals surface area contributed by atoms with E-state index in [1.807, 2.05) is 0 Å². The molecule has 0 aromatic carbocycles. The molecule has 1 unspecified atom stereocenters. The lowest BCUT2D eigenvalue weighted by molar-refractivity contribution is 0.0184. The minimum atomic E-state index is -0.773. The molecule has 7 heteroatoms. The van der Waals surface area contributed by atoms with Crippen molar-refractivity contribution in [3.63, 3.8) is 0 Å². The predicted octanol–water partition coefficient (Wildman–Crippen LogP) is 1.77. The second-order valence-corrected chi connectivity index (χ2v) is 6.90. The third-order valence-corrected chi connectivity index (χ3v) is 5.23. The van der Waals surface area contributed by atoms with Gasteiger partial charge in [0.25, 0.3) is 0 Å². The van der Waals surface area contributed by atoms with Gasteiger partial charge in [0.2, 0.25) is 0 Å². The summed E-state index contributed by atoms with van der Waals surface area (Å²) in [4.78, 5) is 6.18. The number of pyridine rings is 1. The lowest BCUT2D eigenvalue weighted by atomic mass is 9.88. The van der Waals surface area contributed by atoms with Gasteiger partial charge in [0, 0.05) is 24.7 Å². The molecule has 1 aromatic heterocycles. The van der Waals surface area contributed by atoms with E-state index in [1.54, 1.807) is 0 Å². The second-order valence-electron chi connectivity index (χ2n) is 6.90. The first kappa shape index (κ1) is 17.4. The van der Waals surface area contributed by atoms with E-state index in [1.165, 1.54) is 6.20 Å². The Morgan fingerprint density at radius 2 is 2.00 bits per heavy atom. The number of hydrogen-bond donors (Lipinski definition) is 3. The van der Waals surface area contributed by atoms with Gasteiger partial charge < -0.3 is 25.8 Å². The van der Waals surface area contributed by atoms with E-state index in [2.05, 4.69) is 22.2 Å². The summed E-state index contributed by atoms with van der Waals surface area (Å²) in [7, 11) is 2.07. The van der Waals surface area contributed by atoms with Crippen molar-refractivity contribution in [3.8, 4) is 0 Å². The highest BCUT2D eigenvalue weighted by molar-refractivity contribution is 5.68. The molecule has 134 valence electrons. The van der Waals surface area contributed by atoms with Gasteiger partial charge >= 0.3 is 0 Å². The van der Waals surface area contributed by atoms with Crippen LogP contribution in [0.1, 0.15) is 37.2 Å². The van der Waals surface area contributed by atoms with Gasteiger partial charge in [-0.1, -0.05) is 0 Å². The van der Waals surface area contributed by atoms with Crippen molar-refractivity contribution in [2.75, 3.05) is 44.4 Å². The summed E-state index contributed by atoms with van der Waals surface area (Å²) in [6.45, 7) is 3.13. The molecule has 0 spiro atoms. The van der Waals surface area contributed by atoms with E-state index in [9.17, 15) is 9.50 Å². The number of nitrogens with two attached hydrogens (primary N) is 1. The summed E-state index contributed by atoms with van der Waals surface area (Å²) in [5, 5.41) is 13.6. The molecule has 2 aliphatic rings. The van der Waals surface area contributed by atoms with Gasteiger partial charge in [-0.3, -0.25) is 0 Å². The molecule has 1 aromatic rings. The number of nitrogens with one attached hydrogen (secondary N) is 1. The number of anilines is 2. The average Bonchev–Trinajstić information content (AvgIpc) is 2.60. The molecule has 1 atom stereocenters. The number of nitrogen functional groups attached to an aromatic ring is 1. The second kappa shape index (κ2) is 7.63. The molecular weight excluding hydrogens is 311 g/mol. The molecular formula is C17H27FN4O2. The zero-order chi connectivity index (χ0) is 17.1. The van der Waals surface area contributed by atoms with Crippen LogP contribution in [0.4, 0.5) is 15.9 Å². The summed E-state index contributed by atoms with van der Waals surface area (Å²) in [5.41, 5.74) is 7.05. The van der Waals surface area contributed by atoms with Gasteiger partial charge in [-0.15, -0.1) is 0 Å². The number of ether oxygens (including phenoxy) is 1. The van der Waals surface area contributed by atoms with Crippen LogP contribution in [-0.4, -0.2) is 54.6 Å². The Bertz CT molecular complexity index is 558. The fraction of sp³-hybridized carbons (Fsp3) is 0.706. The van der Waals surface area contributed by atoms with Gasteiger partial charge in [0.15, 0.2) is 0 Å². The third-order valence-electron chi connectivity index (χ3n) is 5.23. The minimum Gasteiger partial charge on any atom is -0.382 e. The first-order valence-electron chi connectivity index (χ1n) is 8.71. The summed E-state index contributed by atoms with van der Waals surface area (Å²) < 4.78 is 19.9. The molecule has 0 aliphatic carbocycles. The number of halogens is 1. The molecule has 2 saturated heterocycles. The van der Waals surface area contributed by atoms with E-state index in [4.69, 9.17) is 10.5 Å². The van der Waals surface area contributed by atoms with Crippen molar-refractivity contribution in [2.24, 2.45) is 5.92 Å². The van der Waals surface area contributed by atoms with Crippen molar-refractivity contribution in [1.82, 2.24) is 9.88 Å². The van der Waals surface area contributed by atoms with Crippen molar-refractivity contribution in [3.05, 3.63) is 17.6 Å². The van der Waals surface area contributed by atoms with E-state index < -0.39 is 6.23 Å². The highest BCUT2D eigenvalue weighted by Gasteiger charge is 2.29. The highest BCUT2D eigenvalue weighted by atomic mass is 19.1.